The molecule has 0 aliphatic carbocycles. The Balaban J connectivity index is 1.94. The van der Waals surface area contributed by atoms with Crippen molar-refractivity contribution >= 4 is 11.4 Å². The summed E-state index contributed by atoms with van der Waals surface area (Å²) in [5, 5.41) is 3.39. The van der Waals surface area contributed by atoms with E-state index in [2.05, 4.69) is 29.4 Å². The number of rotatable bonds is 7. The molecule has 0 heterocycles. The van der Waals surface area contributed by atoms with Crippen LogP contribution < -0.4 is 19.7 Å². The fraction of sp³-hybridized carbons (Fsp3) is 0.294. The summed E-state index contributed by atoms with van der Waals surface area (Å²) < 4.78 is 10.6. The third-order valence-corrected chi connectivity index (χ3v) is 3.37. The molecule has 2 rings (SSSR count). The highest BCUT2D eigenvalue weighted by Crippen LogP contribution is 2.28. The SMILES string of the molecule is COc1ccc(OC)c(NCCN(C)c2ccccc2)c1. The van der Waals surface area contributed by atoms with Crippen LogP contribution in [0.5, 0.6) is 11.5 Å². The smallest absolute Gasteiger partial charge is 0.142 e. The molecule has 4 nitrogen and oxygen atoms in total. The van der Waals surface area contributed by atoms with Gasteiger partial charge in [0.1, 0.15) is 11.5 Å². The summed E-state index contributed by atoms with van der Waals surface area (Å²) in [4.78, 5) is 2.21. The molecule has 1 N–H and O–H groups in total. The molecule has 0 radical (unpaired) electrons. The minimum atomic E-state index is 0.814. The van der Waals surface area contributed by atoms with Crippen LogP contribution in [0.25, 0.3) is 0 Å². The monoisotopic (exact) mass is 286 g/mol. The molecule has 0 amide bonds. The molecular formula is C17H22N2O2. The Morgan fingerprint density at radius 2 is 1.76 bits per heavy atom. The lowest BCUT2D eigenvalue weighted by molar-refractivity contribution is 0.404. The molecule has 0 spiro atoms. The molecule has 0 bridgehead atoms. The average molecular weight is 286 g/mol. The maximum atomic E-state index is 5.36. The lowest BCUT2D eigenvalue weighted by Gasteiger charge is -2.20. The van der Waals surface area contributed by atoms with Crippen LogP contribution in [-0.4, -0.2) is 34.4 Å². The van der Waals surface area contributed by atoms with Gasteiger partial charge in [-0.3, -0.25) is 0 Å². The van der Waals surface area contributed by atoms with Gasteiger partial charge in [0.25, 0.3) is 0 Å². The van der Waals surface area contributed by atoms with E-state index in [0.717, 1.165) is 30.3 Å². The standard InChI is InChI=1S/C17H22N2O2/c1-19(14-7-5-4-6-8-14)12-11-18-16-13-15(20-2)9-10-17(16)21-3/h4-10,13,18H,11-12H2,1-3H3. The second-order valence-electron chi connectivity index (χ2n) is 4.75. The van der Waals surface area contributed by atoms with E-state index in [4.69, 9.17) is 9.47 Å². The van der Waals surface area contributed by atoms with Crippen molar-refractivity contribution in [2.45, 2.75) is 0 Å². The van der Waals surface area contributed by atoms with Gasteiger partial charge in [0.05, 0.1) is 19.9 Å². The van der Waals surface area contributed by atoms with Gasteiger partial charge in [-0.05, 0) is 24.3 Å². The van der Waals surface area contributed by atoms with Crippen LogP contribution in [0.2, 0.25) is 0 Å². The number of nitrogens with one attached hydrogen (secondary N) is 1. The van der Waals surface area contributed by atoms with Crippen molar-refractivity contribution in [3.63, 3.8) is 0 Å². The molecule has 112 valence electrons. The van der Waals surface area contributed by atoms with E-state index >= 15 is 0 Å². The predicted molar refractivity (Wildman–Crippen MR) is 87.7 cm³/mol. The van der Waals surface area contributed by atoms with Crippen molar-refractivity contribution in [1.82, 2.24) is 0 Å². The first kappa shape index (κ1) is 15.0. The molecule has 2 aromatic carbocycles. The van der Waals surface area contributed by atoms with Gasteiger partial charge in [-0.25, -0.2) is 0 Å². The molecule has 0 aliphatic heterocycles. The number of nitrogens with zero attached hydrogens (tertiary/aromatic N) is 1. The van der Waals surface area contributed by atoms with Gasteiger partial charge in [-0.15, -0.1) is 0 Å². The van der Waals surface area contributed by atoms with E-state index in [-0.39, 0.29) is 0 Å². The number of hydrogen-bond acceptors (Lipinski definition) is 4. The molecule has 0 unspecified atom stereocenters. The Morgan fingerprint density at radius 1 is 1.00 bits per heavy atom. The maximum Gasteiger partial charge on any atom is 0.142 e. The topological polar surface area (TPSA) is 33.7 Å². The van der Waals surface area contributed by atoms with E-state index in [9.17, 15) is 0 Å². The van der Waals surface area contributed by atoms with Gasteiger partial charge in [0.2, 0.25) is 0 Å². The largest absolute Gasteiger partial charge is 0.497 e. The van der Waals surface area contributed by atoms with Crippen molar-refractivity contribution in [3.8, 4) is 11.5 Å². The summed E-state index contributed by atoms with van der Waals surface area (Å²) in [7, 11) is 5.41. The zero-order valence-electron chi connectivity index (χ0n) is 12.8. The van der Waals surface area contributed by atoms with Gasteiger partial charge in [0, 0.05) is 31.9 Å². The first-order valence-electron chi connectivity index (χ1n) is 6.96. The molecule has 0 saturated heterocycles. The lowest BCUT2D eigenvalue weighted by Crippen LogP contribution is -2.24. The Bertz CT molecular complexity index is 558. The number of hydrogen-bond donors (Lipinski definition) is 1. The molecule has 0 fully saturated rings. The number of para-hydroxylation sites is 1. The fourth-order valence-corrected chi connectivity index (χ4v) is 2.12. The minimum Gasteiger partial charge on any atom is -0.497 e. The first-order chi connectivity index (χ1) is 10.2. The van der Waals surface area contributed by atoms with Crippen LogP contribution in [0, 0.1) is 0 Å². The number of ether oxygens (including phenoxy) is 2. The van der Waals surface area contributed by atoms with Crippen LogP contribution in [0.1, 0.15) is 0 Å². The fourth-order valence-electron chi connectivity index (χ4n) is 2.12. The van der Waals surface area contributed by atoms with Crippen LogP contribution in [0.15, 0.2) is 48.5 Å². The van der Waals surface area contributed by atoms with Crippen molar-refractivity contribution in [3.05, 3.63) is 48.5 Å². The Morgan fingerprint density at radius 3 is 2.43 bits per heavy atom. The maximum absolute atomic E-state index is 5.36. The lowest BCUT2D eigenvalue weighted by atomic mass is 10.2. The third kappa shape index (κ3) is 4.05. The molecule has 0 atom stereocenters. The summed E-state index contributed by atoms with van der Waals surface area (Å²) in [5.74, 6) is 1.63. The number of anilines is 2. The molecule has 0 aliphatic rings. The zero-order valence-corrected chi connectivity index (χ0v) is 12.8. The molecule has 21 heavy (non-hydrogen) atoms. The second-order valence-corrected chi connectivity index (χ2v) is 4.75. The van der Waals surface area contributed by atoms with E-state index < -0.39 is 0 Å². The zero-order chi connectivity index (χ0) is 15.1. The van der Waals surface area contributed by atoms with Crippen molar-refractivity contribution in [2.24, 2.45) is 0 Å². The molecule has 0 aromatic heterocycles. The van der Waals surface area contributed by atoms with Gasteiger partial charge in [-0.1, -0.05) is 18.2 Å². The van der Waals surface area contributed by atoms with Crippen molar-refractivity contribution in [2.75, 3.05) is 44.6 Å². The minimum absolute atomic E-state index is 0.814. The number of likely N-dealkylation sites (N-methyl/N-ethyl adjacent to an activating group) is 1. The van der Waals surface area contributed by atoms with Crippen LogP contribution in [-0.2, 0) is 0 Å². The van der Waals surface area contributed by atoms with E-state index in [1.165, 1.54) is 5.69 Å². The quantitative estimate of drug-likeness (QED) is 0.847. The molecule has 2 aromatic rings. The molecular weight excluding hydrogens is 264 g/mol. The Labute approximate surface area is 126 Å². The van der Waals surface area contributed by atoms with Gasteiger partial charge in [0.15, 0.2) is 0 Å². The predicted octanol–water partition coefficient (Wildman–Crippen LogP) is 3.25. The van der Waals surface area contributed by atoms with E-state index in [0.29, 0.717) is 0 Å². The highest BCUT2D eigenvalue weighted by molar-refractivity contribution is 5.60. The second kappa shape index (κ2) is 7.43. The normalized spacial score (nSPS) is 10.0. The van der Waals surface area contributed by atoms with Crippen LogP contribution >= 0.6 is 0 Å². The van der Waals surface area contributed by atoms with Crippen LogP contribution in [0.3, 0.4) is 0 Å². The summed E-state index contributed by atoms with van der Waals surface area (Å²) in [6.07, 6.45) is 0. The van der Waals surface area contributed by atoms with Crippen molar-refractivity contribution < 1.29 is 9.47 Å². The summed E-state index contributed by atoms with van der Waals surface area (Å²) in [6, 6.07) is 16.1. The van der Waals surface area contributed by atoms with E-state index in [1.54, 1.807) is 14.2 Å². The highest BCUT2D eigenvalue weighted by Gasteiger charge is 2.05. The van der Waals surface area contributed by atoms with Gasteiger partial charge < -0.3 is 19.7 Å². The summed E-state index contributed by atoms with van der Waals surface area (Å²) in [5.41, 5.74) is 2.15. The highest BCUT2D eigenvalue weighted by atomic mass is 16.5. The van der Waals surface area contributed by atoms with Gasteiger partial charge in [-0.2, -0.15) is 0 Å². The summed E-state index contributed by atoms with van der Waals surface area (Å²) >= 11 is 0. The molecule has 4 heteroatoms. The molecule has 0 saturated carbocycles. The Hall–Kier alpha value is -2.36. The Kier molecular flexibility index (Phi) is 5.32. The first-order valence-corrected chi connectivity index (χ1v) is 6.96. The summed E-state index contributed by atoms with van der Waals surface area (Å²) in [6.45, 7) is 1.71. The van der Waals surface area contributed by atoms with E-state index in [1.807, 2.05) is 36.4 Å². The van der Waals surface area contributed by atoms with Crippen LogP contribution in [0.4, 0.5) is 11.4 Å². The third-order valence-electron chi connectivity index (χ3n) is 3.37. The van der Waals surface area contributed by atoms with Gasteiger partial charge >= 0.3 is 0 Å². The average Bonchev–Trinajstić information content (AvgIpc) is 2.55. The number of methoxy groups -OCH3 is 2. The number of benzene rings is 2. The van der Waals surface area contributed by atoms with Crippen molar-refractivity contribution in [1.29, 1.82) is 0 Å².